The molecule has 1 rings (SSSR count). The SMILES string of the molecule is Cc1ccc(C(=O)N(CCC#N)C(C)C)c(C)n1. The summed E-state index contributed by atoms with van der Waals surface area (Å²) in [5.41, 5.74) is 2.26. The lowest BCUT2D eigenvalue weighted by atomic mass is 10.1. The molecule has 0 aliphatic carbocycles. The van der Waals surface area contributed by atoms with Gasteiger partial charge in [-0.05, 0) is 39.8 Å². The van der Waals surface area contributed by atoms with E-state index in [0.29, 0.717) is 18.5 Å². The largest absolute Gasteiger partial charge is 0.335 e. The summed E-state index contributed by atoms with van der Waals surface area (Å²) in [7, 11) is 0. The molecule has 0 unspecified atom stereocenters. The predicted octanol–water partition coefficient (Wildman–Crippen LogP) is 2.46. The van der Waals surface area contributed by atoms with Crippen molar-refractivity contribution in [2.75, 3.05) is 6.54 Å². The quantitative estimate of drug-likeness (QED) is 0.818. The van der Waals surface area contributed by atoms with Crippen LogP contribution in [0.3, 0.4) is 0 Å². The normalized spacial score (nSPS) is 10.2. The highest BCUT2D eigenvalue weighted by atomic mass is 16.2. The van der Waals surface area contributed by atoms with E-state index in [2.05, 4.69) is 11.1 Å². The lowest BCUT2D eigenvalue weighted by Crippen LogP contribution is -2.38. The van der Waals surface area contributed by atoms with Gasteiger partial charge in [-0.25, -0.2) is 0 Å². The molecule has 4 nitrogen and oxygen atoms in total. The fourth-order valence-corrected chi connectivity index (χ4v) is 1.83. The molecule has 1 aromatic heterocycles. The van der Waals surface area contributed by atoms with Gasteiger partial charge in [-0.15, -0.1) is 0 Å². The van der Waals surface area contributed by atoms with E-state index in [-0.39, 0.29) is 11.9 Å². The second-order valence-electron chi connectivity index (χ2n) is 4.59. The average molecular weight is 245 g/mol. The number of nitrogens with zero attached hydrogens (tertiary/aromatic N) is 3. The van der Waals surface area contributed by atoms with Crippen LogP contribution in [0.2, 0.25) is 0 Å². The first-order valence-corrected chi connectivity index (χ1v) is 6.09. The Morgan fingerprint density at radius 3 is 2.61 bits per heavy atom. The van der Waals surface area contributed by atoms with Crippen molar-refractivity contribution >= 4 is 5.91 Å². The fourth-order valence-electron chi connectivity index (χ4n) is 1.83. The number of aromatic nitrogens is 1. The molecule has 0 aliphatic rings. The van der Waals surface area contributed by atoms with Gasteiger partial charge in [0, 0.05) is 18.3 Å². The van der Waals surface area contributed by atoms with E-state index in [1.54, 1.807) is 4.90 Å². The van der Waals surface area contributed by atoms with Crippen molar-refractivity contribution < 1.29 is 4.79 Å². The Morgan fingerprint density at radius 2 is 2.11 bits per heavy atom. The molecule has 18 heavy (non-hydrogen) atoms. The molecular formula is C14H19N3O. The molecule has 0 N–H and O–H groups in total. The molecule has 0 spiro atoms. The standard InChI is InChI=1S/C14H19N3O/c1-10(2)17(9-5-8-15)14(18)13-7-6-11(3)16-12(13)4/h6-7,10H,5,9H2,1-4H3. The zero-order chi connectivity index (χ0) is 13.7. The Hall–Kier alpha value is -1.89. The summed E-state index contributed by atoms with van der Waals surface area (Å²) in [6, 6.07) is 5.79. The van der Waals surface area contributed by atoms with Crippen LogP contribution in [0.1, 0.15) is 42.0 Å². The molecule has 0 atom stereocenters. The summed E-state index contributed by atoms with van der Waals surface area (Å²) >= 11 is 0. The molecular weight excluding hydrogens is 226 g/mol. The van der Waals surface area contributed by atoms with Crippen molar-refractivity contribution in [3.8, 4) is 6.07 Å². The van der Waals surface area contributed by atoms with Crippen LogP contribution in [0.15, 0.2) is 12.1 Å². The molecule has 0 fully saturated rings. The number of hydrogen-bond donors (Lipinski definition) is 0. The summed E-state index contributed by atoms with van der Waals surface area (Å²) in [5, 5.41) is 8.64. The third-order valence-electron chi connectivity index (χ3n) is 2.80. The molecule has 1 amide bonds. The van der Waals surface area contributed by atoms with Crippen molar-refractivity contribution in [1.82, 2.24) is 9.88 Å². The smallest absolute Gasteiger partial charge is 0.255 e. The van der Waals surface area contributed by atoms with E-state index in [1.165, 1.54) is 0 Å². The van der Waals surface area contributed by atoms with E-state index in [0.717, 1.165) is 11.4 Å². The van der Waals surface area contributed by atoms with Gasteiger partial charge in [-0.1, -0.05) is 0 Å². The van der Waals surface area contributed by atoms with Crippen molar-refractivity contribution in [1.29, 1.82) is 5.26 Å². The number of nitriles is 1. The number of rotatable bonds is 4. The fraction of sp³-hybridized carbons (Fsp3) is 0.500. The predicted molar refractivity (Wildman–Crippen MR) is 70.1 cm³/mol. The van der Waals surface area contributed by atoms with Crippen LogP contribution in [-0.2, 0) is 0 Å². The lowest BCUT2D eigenvalue weighted by Gasteiger charge is -2.26. The first kappa shape index (κ1) is 14.2. The number of carbonyl (C=O) groups excluding carboxylic acids is 1. The maximum Gasteiger partial charge on any atom is 0.255 e. The Kier molecular flexibility index (Phi) is 4.85. The molecule has 0 saturated carbocycles. The highest BCUT2D eigenvalue weighted by Crippen LogP contribution is 2.12. The first-order chi connectivity index (χ1) is 8.47. The number of hydrogen-bond acceptors (Lipinski definition) is 3. The number of pyridine rings is 1. The minimum Gasteiger partial charge on any atom is -0.335 e. The molecule has 1 heterocycles. The number of carbonyl (C=O) groups is 1. The van der Waals surface area contributed by atoms with Crippen molar-refractivity contribution in [3.05, 3.63) is 29.1 Å². The number of amides is 1. The molecule has 0 saturated heterocycles. The molecule has 1 aromatic rings. The maximum absolute atomic E-state index is 12.4. The monoisotopic (exact) mass is 245 g/mol. The third kappa shape index (κ3) is 3.30. The van der Waals surface area contributed by atoms with Crippen molar-refractivity contribution in [2.24, 2.45) is 0 Å². The van der Waals surface area contributed by atoms with Crippen LogP contribution >= 0.6 is 0 Å². The van der Waals surface area contributed by atoms with Gasteiger partial charge in [-0.2, -0.15) is 5.26 Å². The Bertz CT molecular complexity index is 474. The topological polar surface area (TPSA) is 57.0 Å². The summed E-state index contributed by atoms with van der Waals surface area (Å²) < 4.78 is 0. The second kappa shape index (κ2) is 6.15. The van der Waals surface area contributed by atoms with Crippen LogP contribution in [-0.4, -0.2) is 28.4 Å². The molecule has 0 aromatic carbocycles. The van der Waals surface area contributed by atoms with Crippen molar-refractivity contribution in [3.63, 3.8) is 0 Å². The molecule has 96 valence electrons. The Morgan fingerprint density at radius 1 is 1.44 bits per heavy atom. The van der Waals surface area contributed by atoms with Crippen LogP contribution in [0.4, 0.5) is 0 Å². The van der Waals surface area contributed by atoms with Gasteiger partial charge in [0.1, 0.15) is 0 Å². The van der Waals surface area contributed by atoms with Crippen LogP contribution in [0.5, 0.6) is 0 Å². The molecule has 4 heteroatoms. The van der Waals surface area contributed by atoms with Crippen LogP contribution < -0.4 is 0 Å². The summed E-state index contributed by atoms with van der Waals surface area (Å²) in [5.74, 6) is -0.0507. The maximum atomic E-state index is 12.4. The van der Waals surface area contributed by atoms with Crippen LogP contribution in [0, 0.1) is 25.2 Å². The zero-order valence-electron chi connectivity index (χ0n) is 11.4. The molecule has 0 bridgehead atoms. The number of aryl methyl sites for hydroxylation is 2. The third-order valence-corrected chi connectivity index (χ3v) is 2.80. The van der Waals surface area contributed by atoms with Gasteiger partial charge in [0.05, 0.1) is 23.7 Å². The van der Waals surface area contributed by atoms with E-state index in [9.17, 15) is 4.79 Å². The Labute approximate surface area is 108 Å². The van der Waals surface area contributed by atoms with Gasteiger partial charge in [0.25, 0.3) is 5.91 Å². The van der Waals surface area contributed by atoms with Gasteiger partial charge in [-0.3, -0.25) is 9.78 Å². The minimum absolute atomic E-state index is 0.0507. The van der Waals surface area contributed by atoms with Gasteiger partial charge >= 0.3 is 0 Å². The van der Waals surface area contributed by atoms with E-state index >= 15 is 0 Å². The van der Waals surface area contributed by atoms with Crippen LogP contribution in [0.25, 0.3) is 0 Å². The highest BCUT2D eigenvalue weighted by Gasteiger charge is 2.20. The zero-order valence-corrected chi connectivity index (χ0v) is 11.4. The summed E-state index contributed by atoms with van der Waals surface area (Å²) in [6.45, 7) is 8.10. The highest BCUT2D eigenvalue weighted by molar-refractivity contribution is 5.95. The average Bonchev–Trinajstić information content (AvgIpc) is 2.28. The van der Waals surface area contributed by atoms with Gasteiger partial charge < -0.3 is 4.90 Å². The van der Waals surface area contributed by atoms with Crippen molar-refractivity contribution in [2.45, 2.75) is 40.2 Å². The van der Waals surface area contributed by atoms with Gasteiger partial charge in [0.2, 0.25) is 0 Å². The van der Waals surface area contributed by atoms with E-state index in [4.69, 9.17) is 5.26 Å². The van der Waals surface area contributed by atoms with E-state index in [1.807, 2.05) is 39.8 Å². The summed E-state index contributed by atoms with van der Waals surface area (Å²) in [4.78, 5) is 18.4. The van der Waals surface area contributed by atoms with Gasteiger partial charge in [0.15, 0.2) is 0 Å². The molecule has 0 aliphatic heterocycles. The minimum atomic E-state index is -0.0507. The van der Waals surface area contributed by atoms with E-state index < -0.39 is 0 Å². The first-order valence-electron chi connectivity index (χ1n) is 6.09. The second-order valence-corrected chi connectivity index (χ2v) is 4.59. The Balaban J connectivity index is 2.99. The summed E-state index contributed by atoms with van der Waals surface area (Å²) in [6.07, 6.45) is 0.349. The lowest BCUT2D eigenvalue weighted by molar-refractivity contribution is 0.0709. The molecule has 0 radical (unpaired) electrons.